The van der Waals surface area contributed by atoms with E-state index in [0.29, 0.717) is 6.54 Å². The van der Waals surface area contributed by atoms with E-state index in [1.54, 1.807) is 11.3 Å². The number of carbonyl (C=O) groups is 1. The van der Waals surface area contributed by atoms with Crippen LogP contribution in [0.15, 0.2) is 29.6 Å². The first-order valence-electron chi connectivity index (χ1n) is 7.12. The molecule has 2 rings (SSSR count). The maximum Gasteiger partial charge on any atom is 0.407 e. The number of ether oxygens (including phenoxy) is 1. The normalized spacial score (nSPS) is 11.4. The van der Waals surface area contributed by atoms with Crippen molar-refractivity contribution in [2.24, 2.45) is 0 Å². The molecule has 0 aliphatic rings. The average Bonchev–Trinajstić information content (AvgIpc) is 2.83. The zero-order valence-corrected chi connectivity index (χ0v) is 13.5. The summed E-state index contributed by atoms with van der Waals surface area (Å²) < 4.78 is 6.47. The average molecular weight is 306 g/mol. The van der Waals surface area contributed by atoms with Gasteiger partial charge in [-0.3, -0.25) is 0 Å². The second kappa shape index (κ2) is 6.80. The second-order valence-electron chi connectivity index (χ2n) is 5.88. The predicted molar refractivity (Wildman–Crippen MR) is 89.2 cm³/mol. The fourth-order valence-corrected chi connectivity index (χ4v) is 2.67. The molecule has 2 N–H and O–H groups in total. The quantitative estimate of drug-likeness (QED) is 0.813. The summed E-state index contributed by atoms with van der Waals surface area (Å²) in [7, 11) is 0. The van der Waals surface area contributed by atoms with Gasteiger partial charge < -0.3 is 15.4 Å². The third kappa shape index (κ3) is 5.27. The van der Waals surface area contributed by atoms with E-state index < -0.39 is 5.60 Å². The lowest BCUT2D eigenvalue weighted by atomic mass is 10.2. The Bertz CT molecular complexity index is 602. The highest BCUT2D eigenvalue weighted by molar-refractivity contribution is 7.17. The molecule has 0 saturated heterocycles. The van der Waals surface area contributed by atoms with Crippen molar-refractivity contribution in [1.82, 2.24) is 5.32 Å². The smallest absolute Gasteiger partial charge is 0.407 e. The van der Waals surface area contributed by atoms with Gasteiger partial charge in [0, 0.05) is 23.5 Å². The molecular weight excluding hydrogens is 284 g/mol. The Hall–Kier alpha value is -1.75. The van der Waals surface area contributed by atoms with E-state index in [2.05, 4.69) is 40.3 Å². The van der Waals surface area contributed by atoms with Gasteiger partial charge in [-0.25, -0.2) is 4.79 Å². The summed E-state index contributed by atoms with van der Waals surface area (Å²) in [5.74, 6) is 0. The van der Waals surface area contributed by atoms with Gasteiger partial charge in [0.25, 0.3) is 0 Å². The van der Waals surface area contributed by atoms with Crippen molar-refractivity contribution in [2.45, 2.75) is 32.8 Å². The number of anilines is 1. The zero-order valence-electron chi connectivity index (χ0n) is 12.7. The van der Waals surface area contributed by atoms with Gasteiger partial charge in [-0.05, 0) is 62.2 Å². The summed E-state index contributed by atoms with van der Waals surface area (Å²) in [4.78, 5) is 11.5. The fourth-order valence-electron chi connectivity index (χ4n) is 1.90. The van der Waals surface area contributed by atoms with Crippen LogP contribution < -0.4 is 10.6 Å². The van der Waals surface area contributed by atoms with Gasteiger partial charge in [0.15, 0.2) is 0 Å². The first-order valence-corrected chi connectivity index (χ1v) is 8.00. The number of hydrogen-bond donors (Lipinski definition) is 2. The summed E-state index contributed by atoms with van der Waals surface area (Å²) >= 11 is 1.75. The molecule has 0 radical (unpaired) electrons. The van der Waals surface area contributed by atoms with Crippen LogP contribution in [0.3, 0.4) is 0 Å². The number of carbonyl (C=O) groups excluding carboxylic acids is 1. The first kappa shape index (κ1) is 15.6. The van der Waals surface area contributed by atoms with Gasteiger partial charge in [0.2, 0.25) is 0 Å². The molecule has 0 aliphatic heterocycles. The molecule has 0 fully saturated rings. The molecular formula is C16H22N2O2S. The van der Waals surface area contributed by atoms with Crippen LogP contribution in [-0.2, 0) is 4.74 Å². The van der Waals surface area contributed by atoms with Crippen molar-refractivity contribution < 1.29 is 9.53 Å². The summed E-state index contributed by atoms with van der Waals surface area (Å²) in [6.07, 6.45) is 0.489. The molecule has 0 bridgehead atoms. The summed E-state index contributed by atoms with van der Waals surface area (Å²) in [6.45, 7) is 6.98. The van der Waals surface area contributed by atoms with E-state index in [4.69, 9.17) is 4.74 Å². The maximum atomic E-state index is 11.5. The molecule has 0 atom stereocenters. The Morgan fingerprint density at radius 3 is 2.81 bits per heavy atom. The SMILES string of the molecule is CC(C)(C)OC(=O)NCCCNc1ccc2sccc2c1. The highest BCUT2D eigenvalue weighted by atomic mass is 32.1. The molecule has 0 saturated carbocycles. The number of alkyl carbamates (subject to hydrolysis) is 1. The summed E-state index contributed by atoms with van der Waals surface area (Å²) in [5, 5.41) is 9.47. The molecule has 0 spiro atoms. The van der Waals surface area contributed by atoms with Crippen LogP contribution in [0.1, 0.15) is 27.2 Å². The fraction of sp³-hybridized carbons (Fsp3) is 0.438. The van der Waals surface area contributed by atoms with Gasteiger partial charge in [-0.15, -0.1) is 11.3 Å². The zero-order chi connectivity index (χ0) is 15.3. The number of amides is 1. The minimum atomic E-state index is -0.446. The number of nitrogens with one attached hydrogen (secondary N) is 2. The maximum absolute atomic E-state index is 11.5. The largest absolute Gasteiger partial charge is 0.444 e. The first-order chi connectivity index (χ1) is 9.94. The summed E-state index contributed by atoms with van der Waals surface area (Å²) in [6, 6.07) is 8.48. The van der Waals surface area contributed by atoms with Gasteiger partial charge >= 0.3 is 6.09 Å². The Labute approximate surface area is 129 Å². The van der Waals surface area contributed by atoms with Crippen molar-refractivity contribution in [3.05, 3.63) is 29.6 Å². The standard InChI is InChI=1S/C16H22N2O2S/c1-16(2,3)20-15(19)18-9-4-8-17-13-5-6-14-12(11-13)7-10-21-14/h5-7,10-11,17H,4,8-9H2,1-3H3,(H,18,19). The van der Waals surface area contributed by atoms with Crippen LogP contribution in [0.4, 0.5) is 10.5 Å². The minimum Gasteiger partial charge on any atom is -0.444 e. The van der Waals surface area contributed by atoms with Crippen LogP contribution in [0.25, 0.3) is 10.1 Å². The van der Waals surface area contributed by atoms with Crippen molar-refractivity contribution >= 4 is 33.2 Å². The predicted octanol–water partition coefficient (Wildman–Crippen LogP) is 4.23. The van der Waals surface area contributed by atoms with E-state index in [9.17, 15) is 4.79 Å². The Kier molecular flexibility index (Phi) is 5.07. The molecule has 1 heterocycles. The van der Waals surface area contributed by atoms with Crippen molar-refractivity contribution in [3.8, 4) is 0 Å². The van der Waals surface area contributed by atoms with Crippen LogP contribution in [0.5, 0.6) is 0 Å². The third-order valence-corrected chi connectivity index (χ3v) is 3.70. The number of hydrogen-bond acceptors (Lipinski definition) is 4. The van der Waals surface area contributed by atoms with Crippen LogP contribution >= 0.6 is 11.3 Å². The lowest BCUT2D eigenvalue weighted by Crippen LogP contribution is -2.33. The molecule has 0 aliphatic carbocycles. The van der Waals surface area contributed by atoms with E-state index in [1.165, 1.54) is 10.1 Å². The Morgan fingerprint density at radius 1 is 1.24 bits per heavy atom. The Balaban J connectivity index is 1.66. The van der Waals surface area contributed by atoms with Crippen molar-refractivity contribution in [3.63, 3.8) is 0 Å². The molecule has 1 aromatic heterocycles. The highest BCUT2D eigenvalue weighted by Crippen LogP contribution is 2.23. The summed E-state index contributed by atoms with van der Waals surface area (Å²) in [5.41, 5.74) is 0.663. The Morgan fingerprint density at radius 2 is 2.05 bits per heavy atom. The van der Waals surface area contributed by atoms with E-state index in [0.717, 1.165) is 18.7 Å². The van der Waals surface area contributed by atoms with Gasteiger partial charge in [-0.2, -0.15) is 0 Å². The van der Waals surface area contributed by atoms with Crippen molar-refractivity contribution in [1.29, 1.82) is 0 Å². The van der Waals surface area contributed by atoms with Gasteiger partial charge in [-0.1, -0.05) is 0 Å². The molecule has 1 aromatic carbocycles. The van der Waals surface area contributed by atoms with Crippen LogP contribution in [0, 0.1) is 0 Å². The van der Waals surface area contributed by atoms with Gasteiger partial charge in [0.05, 0.1) is 0 Å². The van der Waals surface area contributed by atoms with Crippen molar-refractivity contribution in [2.75, 3.05) is 18.4 Å². The molecule has 2 aromatic rings. The molecule has 114 valence electrons. The van der Waals surface area contributed by atoms with E-state index in [1.807, 2.05) is 20.8 Å². The molecule has 1 amide bonds. The lowest BCUT2D eigenvalue weighted by molar-refractivity contribution is 0.0528. The van der Waals surface area contributed by atoms with Crippen LogP contribution in [-0.4, -0.2) is 24.8 Å². The van der Waals surface area contributed by atoms with E-state index in [-0.39, 0.29) is 6.09 Å². The number of benzene rings is 1. The molecule has 21 heavy (non-hydrogen) atoms. The number of thiophene rings is 1. The third-order valence-electron chi connectivity index (χ3n) is 2.80. The molecule has 0 unspecified atom stereocenters. The topological polar surface area (TPSA) is 50.4 Å². The molecule has 5 heteroatoms. The second-order valence-corrected chi connectivity index (χ2v) is 6.83. The van der Waals surface area contributed by atoms with Gasteiger partial charge in [0.1, 0.15) is 5.60 Å². The monoisotopic (exact) mass is 306 g/mol. The molecule has 4 nitrogen and oxygen atoms in total. The van der Waals surface area contributed by atoms with E-state index >= 15 is 0 Å². The minimum absolute atomic E-state index is 0.359. The number of fused-ring (bicyclic) bond motifs is 1. The highest BCUT2D eigenvalue weighted by Gasteiger charge is 2.15. The lowest BCUT2D eigenvalue weighted by Gasteiger charge is -2.19. The van der Waals surface area contributed by atoms with Crippen LogP contribution in [0.2, 0.25) is 0 Å². The number of rotatable bonds is 5.